The molecule has 0 aromatic heterocycles. The van der Waals surface area contributed by atoms with Gasteiger partial charge in [0.15, 0.2) is 0 Å². The van der Waals surface area contributed by atoms with Crippen LogP contribution in [0.5, 0.6) is 0 Å². The summed E-state index contributed by atoms with van der Waals surface area (Å²) in [6.45, 7) is 3.81. The Morgan fingerprint density at radius 1 is 0.533 bits per heavy atom. The molecule has 348 valence electrons. The summed E-state index contributed by atoms with van der Waals surface area (Å²) >= 11 is 0. The third-order valence-corrected chi connectivity index (χ3v) is 11.0. The van der Waals surface area contributed by atoms with Gasteiger partial charge in [-0.25, -0.2) is 4.57 Å². The second-order valence-corrected chi connectivity index (χ2v) is 17.3. The number of ether oxygens (including phenoxy) is 2. The average Bonchev–Trinajstić information content (AvgIpc) is 3.23. The highest BCUT2D eigenvalue weighted by Crippen LogP contribution is 2.43. The van der Waals surface area contributed by atoms with E-state index >= 15 is 0 Å². The predicted octanol–water partition coefficient (Wildman–Crippen LogP) is 13.6. The fraction of sp³-hybridized carbons (Fsp3) is 0.755. The molecular formula is C49H88NO9P. The molecule has 0 bridgehead atoms. The number of rotatable bonds is 45. The number of hydrogen-bond donors (Lipinski definition) is 3. The van der Waals surface area contributed by atoms with E-state index in [4.69, 9.17) is 29.4 Å². The van der Waals surface area contributed by atoms with E-state index in [-0.39, 0.29) is 13.0 Å². The van der Waals surface area contributed by atoms with Gasteiger partial charge in [-0.3, -0.25) is 18.6 Å². The maximum Gasteiger partial charge on any atom is 0.472 e. The van der Waals surface area contributed by atoms with Gasteiger partial charge < -0.3 is 25.2 Å². The van der Waals surface area contributed by atoms with Gasteiger partial charge in [0.2, 0.25) is 0 Å². The van der Waals surface area contributed by atoms with Crippen molar-refractivity contribution in [3.63, 3.8) is 0 Å². The Bertz CT molecular complexity index is 1190. The van der Waals surface area contributed by atoms with Gasteiger partial charge in [0, 0.05) is 13.0 Å². The van der Waals surface area contributed by atoms with Crippen molar-refractivity contribution in [3.05, 3.63) is 60.8 Å². The molecule has 0 saturated heterocycles. The van der Waals surface area contributed by atoms with Crippen LogP contribution in [0.25, 0.3) is 0 Å². The van der Waals surface area contributed by atoms with Crippen molar-refractivity contribution in [2.75, 3.05) is 26.4 Å². The van der Waals surface area contributed by atoms with Crippen LogP contribution >= 0.6 is 7.82 Å². The van der Waals surface area contributed by atoms with Crippen molar-refractivity contribution >= 4 is 19.8 Å². The molecule has 4 N–H and O–H groups in total. The Balaban J connectivity index is 4.23. The van der Waals surface area contributed by atoms with Crippen LogP contribution in [0.3, 0.4) is 0 Å². The molecule has 0 aliphatic heterocycles. The Kier molecular flexibility index (Phi) is 43.0. The molecule has 0 aliphatic rings. The number of nitrogens with two attached hydrogens (primary N) is 1. The van der Waals surface area contributed by atoms with E-state index in [1.54, 1.807) is 0 Å². The molecule has 0 fully saturated rings. The van der Waals surface area contributed by atoms with Crippen LogP contribution < -0.4 is 5.73 Å². The quantitative estimate of drug-likeness (QED) is 0.0233. The van der Waals surface area contributed by atoms with E-state index in [0.717, 1.165) is 77.0 Å². The van der Waals surface area contributed by atoms with Crippen molar-refractivity contribution in [1.82, 2.24) is 0 Å². The lowest BCUT2D eigenvalue weighted by molar-refractivity contribution is -0.154. The summed E-state index contributed by atoms with van der Waals surface area (Å²) in [7, 11) is -4.63. The van der Waals surface area contributed by atoms with Crippen LogP contribution in [0.15, 0.2) is 60.8 Å². The first-order chi connectivity index (χ1) is 29.2. The van der Waals surface area contributed by atoms with Crippen LogP contribution in [0.4, 0.5) is 0 Å². The van der Waals surface area contributed by atoms with Gasteiger partial charge in [0.05, 0.1) is 19.8 Å². The number of allylic oxidation sites excluding steroid dienone is 10. The Labute approximate surface area is 366 Å². The number of phosphoric ester groups is 1. The number of carboxylic acid groups (broad SMARTS) is 1. The third kappa shape index (κ3) is 43.7. The van der Waals surface area contributed by atoms with E-state index in [1.165, 1.54) is 96.3 Å². The van der Waals surface area contributed by atoms with Crippen LogP contribution in [-0.4, -0.2) is 60.5 Å². The lowest BCUT2D eigenvalue weighted by Crippen LogP contribution is -2.34. The Morgan fingerprint density at radius 3 is 1.38 bits per heavy atom. The number of carbonyl (C=O) groups excluding carboxylic acids is 1. The monoisotopic (exact) mass is 866 g/mol. The van der Waals surface area contributed by atoms with Crippen LogP contribution in [0, 0.1) is 0 Å². The molecule has 3 atom stereocenters. The first kappa shape index (κ1) is 57.7. The lowest BCUT2D eigenvalue weighted by atomic mass is 10.1. The average molecular weight is 866 g/mol. The molecule has 3 unspecified atom stereocenters. The molecule has 0 heterocycles. The number of phosphoric acid groups is 1. The highest BCUT2D eigenvalue weighted by molar-refractivity contribution is 7.47. The second-order valence-electron chi connectivity index (χ2n) is 15.9. The first-order valence-electron chi connectivity index (χ1n) is 23.8. The SMILES string of the molecule is CCCCCC/C=C\C/C=C\CCCCCCCC(=O)OC(COCCCCCCCCC/C=C\C/C=C\C/C=C\CCCCCCC)COP(=O)(O)OCC(N)C(=O)O. The predicted molar refractivity (Wildman–Crippen MR) is 249 cm³/mol. The maximum absolute atomic E-state index is 12.7. The summed E-state index contributed by atoms with van der Waals surface area (Å²) in [4.78, 5) is 33.6. The number of unbranched alkanes of at least 4 members (excludes halogenated alkanes) is 21. The van der Waals surface area contributed by atoms with E-state index < -0.39 is 45.1 Å². The zero-order valence-electron chi connectivity index (χ0n) is 38.0. The molecule has 0 saturated carbocycles. The molecular weight excluding hydrogens is 778 g/mol. The summed E-state index contributed by atoms with van der Waals surface area (Å²) in [5.74, 6) is -1.80. The number of carboxylic acids is 1. The lowest BCUT2D eigenvalue weighted by Gasteiger charge is -2.20. The van der Waals surface area contributed by atoms with Gasteiger partial charge in [-0.1, -0.05) is 171 Å². The minimum absolute atomic E-state index is 0.00224. The fourth-order valence-corrected chi connectivity index (χ4v) is 7.07. The first-order valence-corrected chi connectivity index (χ1v) is 25.3. The van der Waals surface area contributed by atoms with Gasteiger partial charge in [-0.15, -0.1) is 0 Å². The molecule has 0 aromatic carbocycles. The Morgan fingerprint density at radius 2 is 0.917 bits per heavy atom. The highest BCUT2D eigenvalue weighted by Gasteiger charge is 2.27. The van der Waals surface area contributed by atoms with Crippen LogP contribution in [0.1, 0.15) is 200 Å². The van der Waals surface area contributed by atoms with Crippen molar-refractivity contribution in [1.29, 1.82) is 0 Å². The van der Waals surface area contributed by atoms with Crippen LogP contribution in [-0.2, 0) is 32.7 Å². The summed E-state index contributed by atoms with van der Waals surface area (Å²) < 4.78 is 33.4. The molecule has 0 aromatic rings. The fourth-order valence-electron chi connectivity index (χ4n) is 6.29. The zero-order valence-corrected chi connectivity index (χ0v) is 38.9. The van der Waals surface area contributed by atoms with Gasteiger partial charge in [-0.05, 0) is 83.5 Å². The number of esters is 1. The Hall–Kier alpha value is -2.33. The summed E-state index contributed by atoms with van der Waals surface area (Å²) in [6.07, 6.45) is 54.1. The minimum atomic E-state index is -4.63. The summed E-state index contributed by atoms with van der Waals surface area (Å²) in [5, 5.41) is 8.91. The van der Waals surface area contributed by atoms with Gasteiger partial charge in [0.25, 0.3) is 0 Å². The van der Waals surface area contributed by atoms with Gasteiger partial charge >= 0.3 is 19.8 Å². The number of aliphatic carboxylic acids is 1. The van der Waals surface area contributed by atoms with E-state index in [9.17, 15) is 19.0 Å². The molecule has 60 heavy (non-hydrogen) atoms. The number of hydrogen-bond acceptors (Lipinski definition) is 8. The molecule has 0 radical (unpaired) electrons. The summed E-state index contributed by atoms with van der Waals surface area (Å²) in [5.41, 5.74) is 5.36. The normalized spacial score (nSPS) is 14.3. The topological polar surface area (TPSA) is 155 Å². The molecule has 0 aliphatic carbocycles. The minimum Gasteiger partial charge on any atom is -0.480 e. The van der Waals surface area contributed by atoms with Crippen LogP contribution in [0.2, 0.25) is 0 Å². The van der Waals surface area contributed by atoms with E-state index in [1.807, 2.05) is 0 Å². The standard InChI is InChI=1S/C49H88NO9P/c1-3-5-7-9-11-13-15-17-19-21-22-23-24-25-26-28-30-32-34-36-38-40-42-56-43-46(44-57-60(54,55)58-45-47(50)49(52)53)59-48(51)41-39-37-35-33-31-29-27-20-18-16-14-12-10-8-6-4-2/h14-17,20-22,24-25,27,46-47H,3-13,18-19,23,26,28-45,50H2,1-2H3,(H,52,53)(H,54,55)/b16-14-,17-15-,22-21-,25-24-,27-20-. The zero-order chi connectivity index (χ0) is 44.0. The van der Waals surface area contributed by atoms with Gasteiger partial charge in [0.1, 0.15) is 12.1 Å². The van der Waals surface area contributed by atoms with E-state index in [0.29, 0.717) is 13.0 Å². The number of carbonyl (C=O) groups is 2. The smallest absolute Gasteiger partial charge is 0.472 e. The largest absolute Gasteiger partial charge is 0.480 e. The van der Waals surface area contributed by atoms with Crippen molar-refractivity contribution in [3.8, 4) is 0 Å². The van der Waals surface area contributed by atoms with Crippen molar-refractivity contribution in [2.45, 2.75) is 212 Å². The molecule has 0 spiro atoms. The molecule has 10 nitrogen and oxygen atoms in total. The molecule has 0 rings (SSSR count). The van der Waals surface area contributed by atoms with Crippen molar-refractivity contribution in [2.24, 2.45) is 5.73 Å². The summed E-state index contributed by atoms with van der Waals surface area (Å²) in [6, 6.07) is -1.48. The maximum atomic E-state index is 12.7. The second kappa shape index (κ2) is 44.7. The van der Waals surface area contributed by atoms with Gasteiger partial charge in [-0.2, -0.15) is 0 Å². The highest BCUT2D eigenvalue weighted by atomic mass is 31.2. The van der Waals surface area contributed by atoms with Crippen molar-refractivity contribution < 1.29 is 42.7 Å². The third-order valence-electron chi connectivity index (χ3n) is 10.0. The molecule has 0 amide bonds. The van der Waals surface area contributed by atoms with E-state index in [2.05, 4.69) is 74.6 Å². The molecule has 11 heteroatoms.